The summed E-state index contributed by atoms with van der Waals surface area (Å²) in [5.41, 5.74) is 0.988. The molecule has 0 heterocycles. The monoisotopic (exact) mass is 223 g/mol. The topological polar surface area (TPSA) is 47.6 Å². The van der Waals surface area contributed by atoms with Gasteiger partial charge in [0.25, 0.3) is 0 Å². The molecule has 0 spiro atoms. The second kappa shape index (κ2) is 6.85. The Balaban J connectivity index is 2.34. The van der Waals surface area contributed by atoms with E-state index in [1.54, 1.807) is 14.2 Å². The van der Waals surface area contributed by atoms with Crippen molar-refractivity contribution in [1.82, 2.24) is 5.32 Å². The van der Waals surface area contributed by atoms with Gasteiger partial charge in [0.2, 0.25) is 5.91 Å². The third-order valence-electron chi connectivity index (χ3n) is 2.20. The first-order valence-electron chi connectivity index (χ1n) is 5.18. The molecule has 0 bridgehead atoms. The van der Waals surface area contributed by atoms with E-state index in [0.29, 0.717) is 19.6 Å². The van der Waals surface area contributed by atoms with Gasteiger partial charge in [0.05, 0.1) is 20.3 Å². The highest BCUT2D eigenvalue weighted by molar-refractivity contribution is 5.75. The molecule has 0 atom stereocenters. The van der Waals surface area contributed by atoms with Gasteiger partial charge in [0, 0.05) is 19.0 Å². The van der Waals surface area contributed by atoms with Crippen LogP contribution in [0.1, 0.15) is 12.0 Å². The highest BCUT2D eigenvalue weighted by atomic mass is 16.5. The fourth-order valence-electron chi connectivity index (χ4n) is 1.29. The van der Waals surface area contributed by atoms with Crippen molar-refractivity contribution in [3.05, 3.63) is 29.8 Å². The Labute approximate surface area is 95.6 Å². The normalized spacial score (nSPS) is 9.88. The van der Waals surface area contributed by atoms with Gasteiger partial charge in [-0.2, -0.15) is 0 Å². The quantitative estimate of drug-likeness (QED) is 0.740. The summed E-state index contributed by atoms with van der Waals surface area (Å²) in [5, 5.41) is 2.54. The van der Waals surface area contributed by atoms with Gasteiger partial charge < -0.3 is 14.8 Å². The lowest BCUT2D eigenvalue weighted by molar-refractivity contribution is -0.121. The fourth-order valence-corrected chi connectivity index (χ4v) is 1.29. The van der Waals surface area contributed by atoms with Crippen LogP contribution in [0.3, 0.4) is 0 Å². The van der Waals surface area contributed by atoms with Crippen molar-refractivity contribution < 1.29 is 14.3 Å². The highest BCUT2D eigenvalue weighted by Gasteiger charge is 2.02. The number of nitrogens with one attached hydrogen (secondary N) is 1. The molecule has 1 aromatic carbocycles. The van der Waals surface area contributed by atoms with Crippen LogP contribution >= 0.6 is 0 Å². The number of benzene rings is 1. The largest absolute Gasteiger partial charge is 0.496 e. The zero-order chi connectivity index (χ0) is 11.8. The first-order chi connectivity index (χ1) is 7.77. The Kier molecular flexibility index (Phi) is 5.36. The molecule has 0 unspecified atom stereocenters. The second-order valence-corrected chi connectivity index (χ2v) is 3.29. The van der Waals surface area contributed by atoms with Crippen LogP contribution < -0.4 is 10.1 Å². The minimum Gasteiger partial charge on any atom is -0.496 e. The fraction of sp³-hybridized carbons (Fsp3) is 0.417. The van der Waals surface area contributed by atoms with Gasteiger partial charge in [-0.15, -0.1) is 0 Å². The Morgan fingerprint density at radius 3 is 2.81 bits per heavy atom. The van der Waals surface area contributed by atoms with Crippen LogP contribution in [0, 0.1) is 0 Å². The molecule has 16 heavy (non-hydrogen) atoms. The number of carbonyl (C=O) groups excluding carboxylic acids is 1. The highest BCUT2D eigenvalue weighted by Crippen LogP contribution is 2.17. The van der Waals surface area contributed by atoms with E-state index in [-0.39, 0.29) is 5.91 Å². The summed E-state index contributed by atoms with van der Waals surface area (Å²) in [7, 11) is 3.24. The van der Waals surface area contributed by atoms with Gasteiger partial charge in [-0.25, -0.2) is 0 Å². The molecule has 0 saturated carbocycles. The van der Waals surface area contributed by atoms with E-state index >= 15 is 0 Å². The molecule has 0 aromatic heterocycles. The molecule has 0 saturated heterocycles. The summed E-state index contributed by atoms with van der Waals surface area (Å²) in [6, 6.07) is 7.67. The molecule has 1 rings (SSSR count). The van der Waals surface area contributed by atoms with Gasteiger partial charge in [-0.1, -0.05) is 18.2 Å². The van der Waals surface area contributed by atoms with E-state index in [4.69, 9.17) is 9.47 Å². The zero-order valence-corrected chi connectivity index (χ0v) is 9.66. The molecule has 88 valence electrons. The summed E-state index contributed by atoms with van der Waals surface area (Å²) in [4.78, 5) is 10.9. The molecule has 0 aliphatic heterocycles. The molecular weight excluding hydrogens is 206 g/mol. The van der Waals surface area contributed by atoms with Crippen molar-refractivity contribution >= 4 is 5.91 Å². The maximum absolute atomic E-state index is 10.9. The number of hydrogen-bond donors (Lipinski definition) is 1. The number of methoxy groups -OCH3 is 1. The molecule has 1 N–H and O–H groups in total. The van der Waals surface area contributed by atoms with Crippen LogP contribution in [0.5, 0.6) is 5.75 Å². The van der Waals surface area contributed by atoms with Crippen LogP contribution in [0.2, 0.25) is 0 Å². The van der Waals surface area contributed by atoms with Crippen molar-refractivity contribution in [3.63, 3.8) is 0 Å². The molecule has 0 fully saturated rings. The second-order valence-electron chi connectivity index (χ2n) is 3.29. The molecule has 0 aliphatic rings. The number of para-hydroxylation sites is 1. The van der Waals surface area contributed by atoms with Crippen LogP contribution in [-0.2, 0) is 16.1 Å². The van der Waals surface area contributed by atoms with Crippen molar-refractivity contribution in [2.75, 3.05) is 20.8 Å². The lowest BCUT2D eigenvalue weighted by Crippen LogP contribution is -2.19. The van der Waals surface area contributed by atoms with Crippen molar-refractivity contribution in [1.29, 1.82) is 0 Å². The van der Waals surface area contributed by atoms with E-state index in [1.807, 2.05) is 24.3 Å². The number of rotatable bonds is 6. The summed E-state index contributed by atoms with van der Waals surface area (Å²) in [6.45, 7) is 0.874. The number of amides is 1. The summed E-state index contributed by atoms with van der Waals surface area (Å²) < 4.78 is 10.6. The van der Waals surface area contributed by atoms with Crippen LogP contribution in [0.4, 0.5) is 0 Å². The average molecular weight is 223 g/mol. The molecular formula is C12H17NO3. The molecule has 4 heteroatoms. The van der Waals surface area contributed by atoms with Gasteiger partial charge in [0.15, 0.2) is 0 Å². The lowest BCUT2D eigenvalue weighted by atomic mass is 10.2. The molecule has 1 aromatic rings. The predicted molar refractivity (Wildman–Crippen MR) is 61.3 cm³/mol. The smallest absolute Gasteiger partial charge is 0.222 e. The van der Waals surface area contributed by atoms with Crippen LogP contribution in [0.25, 0.3) is 0 Å². The Hall–Kier alpha value is -1.55. The SMILES string of the molecule is CNC(=O)CCOCc1ccccc1OC. The third-order valence-corrected chi connectivity index (χ3v) is 2.20. The summed E-state index contributed by atoms with van der Waals surface area (Å²) in [5.74, 6) is 0.794. The molecule has 4 nitrogen and oxygen atoms in total. The van der Waals surface area contributed by atoms with E-state index < -0.39 is 0 Å². The Morgan fingerprint density at radius 2 is 2.12 bits per heavy atom. The average Bonchev–Trinajstić information content (AvgIpc) is 2.34. The maximum Gasteiger partial charge on any atom is 0.222 e. The Morgan fingerprint density at radius 1 is 1.38 bits per heavy atom. The van der Waals surface area contributed by atoms with Crippen molar-refractivity contribution in [2.24, 2.45) is 0 Å². The number of carbonyl (C=O) groups is 1. The minimum atomic E-state index is -0.0139. The lowest BCUT2D eigenvalue weighted by Gasteiger charge is -2.08. The van der Waals surface area contributed by atoms with Crippen molar-refractivity contribution in [3.8, 4) is 5.75 Å². The van der Waals surface area contributed by atoms with E-state index in [0.717, 1.165) is 11.3 Å². The van der Waals surface area contributed by atoms with Gasteiger partial charge >= 0.3 is 0 Å². The summed E-state index contributed by atoms with van der Waals surface area (Å²) in [6.07, 6.45) is 0.381. The van der Waals surface area contributed by atoms with E-state index in [2.05, 4.69) is 5.32 Å². The summed E-state index contributed by atoms with van der Waals surface area (Å²) >= 11 is 0. The number of ether oxygens (including phenoxy) is 2. The molecule has 0 radical (unpaired) electrons. The van der Waals surface area contributed by atoms with E-state index in [9.17, 15) is 4.79 Å². The number of hydrogen-bond acceptors (Lipinski definition) is 3. The van der Waals surface area contributed by atoms with Gasteiger partial charge in [-0.3, -0.25) is 4.79 Å². The van der Waals surface area contributed by atoms with Crippen molar-refractivity contribution in [2.45, 2.75) is 13.0 Å². The maximum atomic E-state index is 10.9. The third kappa shape index (κ3) is 3.90. The van der Waals surface area contributed by atoms with Gasteiger partial charge in [0.1, 0.15) is 5.75 Å². The molecule has 1 amide bonds. The molecule has 0 aliphatic carbocycles. The van der Waals surface area contributed by atoms with Gasteiger partial charge in [-0.05, 0) is 6.07 Å². The first kappa shape index (κ1) is 12.5. The van der Waals surface area contributed by atoms with E-state index in [1.165, 1.54) is 0 Å². The van der Waals surface area contributed by atoms with Crippen LogP contribution in [-0.4, -0.2) is 26.7 Å². The minimum absolute atomic E-state index is 0.0139. The predicted octanol–water partition coefficient (Wildman–Crippen LogP) is 1.35. The van der Waals surface area contributed by atoms with Crippen LogP contribution in [0.15, 0.2) is 24.3 Å². The first-order valence-corrected chi connectivity index (χ1v) is 5.18. The standard InChI is InChI=1S/C12H17NO3/c1-13-12(14)7-8-16-9-10-5-3-4-6-11(10)15-2/h3-6H,7-9H2,1-2H3,(H,13,14). The Bertz CT molecular complexity index is 339. The zero-order valence-electron chi connectivity index (χ0n) is 9.66.